The van der Waals surface area contributed by atoms with Crippen LogP contribution in [0.3, 0.4) is 0 Å². The van der Waals surface area contributed by atoms with Crippen molar-refractivity contribution in [2.75, 3.05) is 0 Å². The van der Waals surface area contributed by atoms with Gasteiger partial charge in [-0.1, -0.05) is 6.92 Å². The summed E-state index contributed by atoms with van der Waals surface area (Å²) in [7, 11) is 0. The minimum absolute atomic E-state index is 0. The van der Waals surface area contributed by atoms with Gasteiger partial charge in [-0.15, -0.1) is 24.0 Å². The second-order valence-corrected chi connectivity index (χ2v) is 1.52. The number of hydrogen-bond acceptors (Lipinski definition) is 3. The zero-order chi connectivity index (χ0) is 5.91. The predicted molar refractivity (Wildman–Crippen MR) is 39.7 cm³/mol. The van der Waals surface area contributed by atoms with Gasteiger partial charge in [0.1, 0.15) is 0 Å². The Hall–Kier alpha value is 0.610. The summed E-state index contributed by atoms with van der Waals surface area (Å²) >= 11 is 0. The van der Waals surface area contributed by atoms with E-state index in [2.05, 4.69) is 0 Å². The Morgan fingerprint density at radius 3 is 1.62 bits per heavy atom. The summed E-state index contributed by atoms with van der Waals surface area (Å²) in [5.41, 5.74) is 0. The second kappa shape index (κ2) is 4.49. The van der Waals surface area contributed by atoms with Gasteiger partial charge in [-0.25, -0.2) is 0 Å². The lowest BCUT2D eigenvalue weighted by molar-refractivity contribution is -0.314. The second-order valence-electron chi connectivity index (χ2n) is 1.52. The highest BCUT2D eigenvalue weighted by atomic mass is 127. The number of rotatable bonds is 2. The first-order valence-electron chi connectivity index (χ1n) is 2.23. The number of aliphatic hydroxyl groups is 3. The van der Waals surface area contributed by atoms with Gasteiger partial charge in [0.05, 0.1) is 0 Å². The molecule has 0 bridgehead atoms. The van der Waals surface area contributed by atoms with E-state index in [9.17, 15) is 0 Å². The highest BCUT2D eigenvalue weighted by Gasteiger charge is 2.14. The SMILES string of the molecule is CCCC(O)(O)O.I. The van der Waals surface area contributed by atoms with Crippen LogP contribution in [0.4, 0.5) is 0 Å². The summed E-state index contributed by atoms with van der Waals surface area (Å²) in [6.45, 7) is 1.75. The topological polar surface area (TPSA) is 60.7 Å². The van der Waals surface area contributed by atoms with Crippen LogP contribution in [-0.2, 0) is 0 Å². The molecule has 0 unspecified atom stereocenters. The van der Waals surface area contributed by atoms with Gasteiger partial charge in [0, 0.05) is 6.42 Å². The minimum Gasteiger partial charge on any atom is -0.344 e. The van der Waals surface area contributed by atoms with E-state index in [1.165, 1.54) is 0 Å². The number of hydrogen-bond donors (Lipinski definition) is 3. The molecule has 0 radical (unpaired) electrons. The molecule has 3 N–H and O–H groups in total. The first kappa shape index (κ1) is 11.4. The zero-order valence-corrected chi connectivity index (χ0v) is 6.99. The molecule has 0 saturated carbocycles. The fourth-order valence-corrected chi connectivity index (χ4v) is 0.335. The molecule has 8 heavy (non-hydrogen) atoms. The van der Waals surface area contributed by atoms with E-state index < -0.39 is 5.97 Å². The molecule has 0 heterocycles. The van der Waals surface area contributed by atoms with Crippen molar-refractivity contribution in [3.8, 4) is 0 Å². The molecule has 3 nitrogen and oxygen atoms in total. The fraction of sp³-hybridized carbons (Fsp3) is 1.00. The average Bonchev–Trinajstić information content (AvgIpc) is 1.30. The number of halogens is 1. The van der Waals surface area contributed by atoms with Gasteiger partial charge < -0.3 is 15.3 Å². The molecule has 0 aliphatic heterocycles. The van der Waals surface area contributed by atoms with Gasteiger partial charge in [0.25, 0.3) is 5.97 Å². The Balaban J connectivity index is 0. The first-order chi connectivity index (χ1) is 3.06. The van der Waals surface area contributed by atoms with E-state index in [1.54, 1.807) is 6.92 Å². The molecule has 0 aromatic heterocycles. The molecular formula is C4H11IO3. The van der Waals surface area contributed by atoms with Gasteiger partial charge in [-0.3, -0.25) is 0 Å². The molecule has 0 fully saturated rings. The van der Waals surface area contributed by atoms with E-state index in [0.717, 1.165) is 0 Å². The van der Waals surface area contributed by atoms with E-state index in [4.69, 9.17) is 15.3 Å². The maximum Gasteiger partial charge on any atom is 0.275 e. The fourth-order valence-electron chi connectivity index (χ4n) is 0.335. The quantitative estimate of drug-likeness (QED) is 0.466. The van der Waals surface area contributed by atoms with Crippen molar-refractivity contribution in [3.05, 3.63) is 0 Å². The van der Waals surface area contributed by atoms with Crippen molar-refractivity contribution in [3.63, 3.8) is 0 Å². The molecule has 0 aromatic rings. The van der Waals surface area contributed by atoms with E-state index in [0.29, 0.717) is 6.42 Å². The third-order valence-electron chi connectivity index (χ3n) is 0.585. The van der Waals surface area contributed by atoms with Crippen LogP contribution in [0, 0.1) is 0 Å². The summed E-state index contributed by atoms with van der Waals surface area (Å²) in [5, 5.41) is 24.4. The molecule has 4 heteroatoms. The standard InChI is InChI=1S/C4H10O3.HI/c1-2-3-4(5,6)7;/h5-7H,2-3H2,1H3;1H. The Morgan fingerprint density at radius 1 is 1.25 bits per heavy atom. The van der Waals surface area contributed by atoms with Crippen LogP contribution >= 0.6 is 24.0 Å². The van der Waals surface area contributed by atoms with E-state index in [1.807, 2.05) is 0 Å². The molecule has 0 aliphatic rings. The maximum absolute atomic E-state index is 8.13. The van der Waals surface area contributed by atoms with Crippen molar-refractivity contribution >= 4 is 24.0 Å². The summed E-state index contributed by atoms with van der Waals surface area (Å²) in [6, 6.07) is 0. The smallest absolute Gasteiger partial charge is 0.275 e. The summed E-state index contributed by atoms with van der Waals surface area (Å²) in [6.07, 6.45) is 0.566. The van der Waals surface area contributed by atoms with Crippen LogP contribution in [0.15, 0.2) is 0 Å². The minimum atomic E-state index is -2.45. The molecule has 0 amide bonds. The van der Waals surface area contributed by atoms with Gasteiger partial charge in [0.2, 0.25) is 0 Å². The Labute approximate surface area is 65.4 Å². The molecule has 0 spiro atoms. The molecule has 0 aliphatic carbocycles. The van der Waals surface area contributed by atoms with Gasteiger partial charge >= 0.3 is 0 Å². The lowest BCUT2D eigenvalue weighted by atomic mass is 10.3. The highest BCUT2D eigenvalue weighted by molar-refractivity contribution is 14.0. The summed E-state index contributed by atoms with van der Waals surface area (Å²) in [4.78, 5) is 0. The monoisotopic (exact) mass is 234 g/mol. The Bertz CT molecular complexity index is 49.7. The van der Waals surface area contributed by atoms with Crippen LogP contribution in [0.25, 0.3) is 0 Å². The lowest BCUT2D eigenvalue weighted by Gasteiger charge is -2.10. The molecule has 0 rings (SSSR count). The van der Waals surface area contributed by atoms with Crippen LogP contribution in [-0.4, -0.2) is 21.3 Å². The molecule has 52 valence electrons. The Kier molecular flexibility index (Phi) is 6.40. The third kappa shape index (κ3) is 9.79. The predicted octanol–water partition coefficient (Wildman–Crippen LogP) is 0.0352. The lowest BCUT2D eigenvalue weighted by Crippen LogP contribution is -2.26. The maximum atomic E-state index is 8.13. The van der Waals surface area contributed by atoms with Crippen molar-refractivity contribution in [1.29, 1.82) is 0 Å². The van der Waals surface area contributed by atoms with Crippen LogP contribution in [0.2, 0.25) is 0 Å². The highest BCUT2D eigenvalue weighted by Crippen LogP contribution is 2.01. The molecular weight excluding hydrogens is 223 g/mol. The molecule has 0 aromatic carbocycles. The van der Waals surface area contributed by atoms with E-state index in [-0.39, 0.29) is 30.4 Å². The van der Waals surface area contributed by atoms with Gasteiger partial charge in [0.15, 0.2) is 0 Å². The zero-order valence-electron chi connectivity index (χ0n) is 4.66. The normalized spacial score (nSPS) is 10.5. The molecule has 0 atom stereocenters. The molecule has 0 saturated heterocycles. The van der Waals surface area contributed by atoms with Gasteiger partial charge in [-0.05, 0) is 6.42 Å². The van der Waals surface area contributed by atoms with Crippen LogP contribution in [0.5, 0.6) is 0 Å². The summed E-state index contributed by atoms with van der Waals surface area (Å²) < 4.78 is 0. The third-order valence-corrected chi connectivity index (χ3v) is 0.585. The average molecular weight is 234 g/mol. The van der Waals surface area contributed by atoms with Crippen molar-refractivity contribution in [2.45, 2.75) is 25.7 Å². The van der Waals surface area contributed by atoms with Crippen molar-refractivity contribution in [1.82, 2.24) is 0 Å². The summed E-state index contributed by atoms with van der Waals surface area (Å²) in [5.74, 6) is -2.45. The van der Waals surface area contributed by atoms with Crippen molar-refractivity contribution < 1.29 is 15.3 Å². The Morgan fingerprint density at radius 2 is 1.62 bits per heavy atom. The van der Waals surface area contributed by atoms with Crippen LogP contribution in [0.1, 0.15) is 19.8 Å². The first-order valence-corrected chi connectivity index (χ1v) is 2.23. The van der Waals surface area contributed by atoms with Crippen molar-refractivity contribution in [2.24, 2.45) is 0 Å². The van der Waals surface area contributed by atoms with Gasteiger partial charge in [-0.2, -0.15) is 0 Å². The largest absolute Gasteiger partial charge is 0.344 e. The van der Waals surface area contributed by atoms with E-state index >= 15 is 0 Å². The van der Waals surface area contributed by atoms with Crippen LogP contribution < -0.4 is 0 Å².